The van der Waals surface area contributed by atoms with Crippen LogP contribution >= 0.6 is 8.03 Å². The van der Waals surface area contributed by atoms with Gasteiger partial charge in [-0.25, -0.2) is 0 Å². The highest BCUT2D eigenvalue weighted by molar-refractivity contribution is 7.47. The summed E-state index contributed by atoms with van der Waals surface area (Å²) in [5.41, 5.74) is 2.01. The lowest BCUT2D eigenvalue weighted by Gasteiger charge is -2.29. The van der Waals surface area contributed by atoms with E-state index < -0.39 is 8.03 Å². The van der Waals surface area contributed by atoms with E-state index in [4.69, 9.17) is 0 Å². The largest absolute Gasteiger partial charge is 0.546 e. The van der Waals surface area contributed by atoms with Gasteiger partial charge in [0.2, 0.25) is 5.30 Å². The fourth-order valence-corrected chi connectivity index (χ4v) is 2.97. The first-order chi connectivity index (χ1) is 7.55. The van der Waals surface area contributed by atoms with Crippen molar-refractivity contribution >= 4 is 13.3 Å². The van der Waals surface area contributed by atoms with Gasteiger partial charge in [-0.15, -0.1) is 0 Å². The fourth-order valence-electron chi connectivity index (χ4n) is 2.11. The summed E-state index contributed by atoms with van der Waals surface area (Å²) in [6.45, 7) is 12.6. The maximum Gasteiger partial charge on any atom is 0.546 e. The van der Waals surface area contributed by atoms with E-state index in [0.717, 1.165) is 11.1 Å². The molecule has 0 aliphatic heterocycles. The zero-order valence-corrected chi connectivity index (χ0v) is 12.4. The molecule has 0 fully saturated rings. The maximum atomic E-state index is 11.5. The third kappa shape index (κ3) is 3.14. The van der Waals surface area contributed by atoms with Gasteiger partial charge in [-0.05, 0) is 27.0 Å². The summed E-state index contributed by atoms with van der Waals surface area (Å²) in [7, 11) is -2.29. The van der Waals surface area contributed by atoms with Gasteiger partial charge in [0.05, 0.1) is 0 Å². The summed E-state index contributed by atoms with van der Waals surface area (Å²) in [4.78, 5) is 9.47. The van der Waals surface area contributed by atoms with Crippen LogP contribution in [-0.2, 0) is 15.4 Å². The molecule has 94 valence electrons. The van der Waals surface area contributed by atoms with E-state index in [1.165, 1.54) is 0 Å². The molecule has 0 saturated carbocycles. The molecule has 0 heterocycles. The second-order valence-electron chi connectivity index (χ2n) is 6.47. The molecular formula is C14H22O2P+. The number of benzene rings is 1. The Balaban J connectivity index is 3.64. The molecule has 0 spiro atoms. The molecule has 1 unspecified atom stereocenters. The molecule has 1 aromatic rings. The average Bonchev–Trinajstić information content (AvgIpc) is 2.13. The molecule has 0 amide bonds. The summed E-state index contributed by atoms with van der Waals surface area (Å²) in [5.74, 6) is 0. The third-order valence-corrected chi connectivity index (χ3v) is 3.59. The van der Waals surface area contributed by atoms with Crippen LogP contribution in [0.3, 0.4) is 0 Å². The molecule has 1 N–H and O–H groups in total. The van der Waals surface area contributed by atoms with Crippen molar-refractivity contribution in [3.05, 3.63) is 29.3 Å². The summed E-state index contributed by atoms with van der Waals surface area (Å²) in [5, 5.41) is 0.569. The predicted molar refractivity (Wildman–Crippen MR) is 73.3 cm³/mol. The van der Waals surface area contributed by atoms with Crippen molar-refractivity contribution < 1.29 is 9.46 Å². The van der Waals surface area contributed by atoms with E-state index in [2.05, 4.69) is 47.6 Å². The monoisotopic (exact) mass is 253 g/mol. The second kappa shape index (κ2) is 4.51. The zero-order valence-electron chi connectivity index (χ0n) is 11.5. The van der Waals surface area contributed by atoms with Crippen LogP contribution in [-0.4, -0.2) is 4.89 Å². The molecule has 1 atom stereocenters. The van der Waals surface area contributed by atoms with E-state index in [0.29, 0.717) is 5.30 Å². The van der Waals surface area contributed by atoms with E-state index >= 15 is 0 Å². The van der Waals surface area contributed by atoms with E-state index in [1.54, 1.807) is 6.07 Å². The molecule has 2 nitrogen and oxygen atoms in total. The first-order valence-electron chi connectivity index (χ1n) is 5.85. The Morgan fingerprint density at radius 1 is 1.00 bits per heavy atom. The number of rotatable bonds is 1. The van der Waals surface area contributed by atoms with Gasteiger partial charge in [-0.3, -0.25) is 0 Å². The van der Waals surface area contributed by atoms with Gasteiger partial charge < -0.3 is 0 Å². The maximum absolute atomic E-state index is 11.5. The van der Waals surface area contributed by atoms with Gasteiger partial charge in [0.15, 0.2) is 0 Å². The van der Waals surface area contributed by atoms with E-state index in [-0.39, 0.29) is 10.8 Å². The molecule has 0 aliphatic carbocycles. The van der Waals surface area contributed by atoms with Crippen molar-refractivity contribution in [1.82, 2.24) is 0 Å². The van der Waals surface area contributed by atoms with Crippen LogP contribution in [0.25, 0.3) is 0 Å². The van der Waals surface area contributed by atoms with Crippen molar-refractivity contribution in [3.63, 3.8) is 0 Å². The van der Waals surface area contributed by atoms with Crippen molar-refractivity contribution in [2.75, 3.05) is 0 Å². The van der Waals surface area contributed by atoms with Crippen molar-refractivity contribution in [2.45, 2.75) is 52.4 Å². The van der Waals surface area contributed by atoms with Crippen molar-refractivity contribution in [3.8, 4) is 0 Å². The molecule has 1 aromatic carbocycles. The van der Waals surface area contributed by atoms with Crippen LogP contribution in [0.2, 0.25) is 0 Å². The van der Waals surface area contributed by atoms with E-state index in [9.17, 15) is 9.46 Å². The lowest BCUT2D eigenvalue weighted by Crippen LogP contribution is -2.28. The quantitative estimate of drug-likeness (QED) is 0.776. The molecule has 0 saturated heterocycles. The van der Waals surface area contributed by atoms with E-state index in [1.807, 2.05) is 6.07 Å². The molecule has 3 heteroatoms. The van der Waals surface area contributed by atoms with Crippen LogP contribution in [0.5, 0.6) is 0 Å². The Morgan fingerprint density at radius 2 is 1.53 bits per heavy atom. The first-order valence-corrected chi connectivity index (χ1v) is 7.06. The Labute approximate surface area is 105 Å². The van der Waals surface area contributed by atoms with Crippen LogP contribution < -0.4 is 5.30 Å². The average molecular weight is 253 g/mol. The zero-order chi connectivity index (χ0) is 13.4. The number of hydrogen-bond donors (Lipinski definition) is 1. The Bertz CT molecular complexity index is 437. The Hall–Kier alpha value is -0.720. The van der Waals surface area contributed by atoms with Crippen molar-refractivity contribution in [2.24, 2.45) is 0 Å². The third-order valence-electron chi connectivity index (χ3n) is 2.81. The number of hydrogen-bond acceptors (Lipinski definition) is 1. The highest BCUT2D eigenvalue weighted by atomic mass is 31.1. The minimum absolute atomic E-state index is 0.0238. The summed E-state index contributed by atoms with van der Waals surface area (Å²) in [6, 6.07) is 5.69. The van der Waals surface area contributed by atoms with Gasteiger partial charge in [0, 0.05) is 5.56 Å². The Kier molecular flexibility index (Phi) is 3.81. The standard InChI is InChI=1S/C14H21O2P/c1-13(2,3)10-8-7-9-11(17(15)16)12(10)14(4,5)6/h7-9H,1-6H3/p+1. The molecule has 1 rings (SSSR count). The van der Waals surface area contributed by atoms with Crippen LogP contribution in [0.1, 0.15) is 52.7 Å². The fraction of sp³-hybridized carbons (Fsp3) is 0.571. The summed E-state index contributed by atoms with van der Waals surface area (Å²) >= 11 is 0. The lowest BCUT2D eigenvalue weighted by atomic mass is 9.75. The molecule has 0 aliphatic rings. The topological polar surface area (TPSA) is 37.3 Å². The first kappa shape index (κ1) is 14.3. The van der Waals surface area contributed by atoms with Gasteiger partial charge in [-0.2, -0.15) is 4.89 Å². The van der Waals surface area contributed by atoms with Gasteiger partial charge >= 0.3 is 8.03 Å². The normalized spacial score (nSPS) is 13.7. The molecular weight excluding hydrogens is 231 g/mol. The SMILES string of the molecule is CC(C)(C)c1cccc([P+](=O)O)c1C(C)(C)C. The molecule has 17 heavy (non-hydrogen) atoms. The van der Waals surface area contributed by atoms with Crippen LogP contribution in [0.4, 0.5) is 0 Å². The molecule has 0 bridgehead atoms. The minimum atomic E-state index is -2.29. The highest BCUT2D eigenvalue weighted by Gasteiger charge is 2.34. The predicted octanol–water partition coefficient (Wildman–Crippen LogP) is 3.64. The summed E-state index contributed by atoms with van der Waals surface area (Å²) in [6.07, 6.45) is 0. The lowest BCUT2D eigenvalue weighted by molar-refractivity contribution is 0.507. The molecule has 0 aromatic heterocycles. The van der Waals surface area contributed by atoms with Crippen molar-refractivity contribution in [1.29, 1.82) is 0 Å². The smallest absolute Gasteiger partial charge is 0.156 e. The Morgan fingerprint density at radius 3 is 1.88 bits per heavy atom. The van der Waals surface area contributed by atoms with Crippen LogP contribution in [0.15, 0.2) is 18.2 Å². The van der Waals surface area contributed by atoms with Gasteiger partial charge in [-0.1, -0.05) is 53.7 Å². The highest BCUT2D eigenvalue weighted by Crippen LogP contribution is 2.35. The van der Waals surface area contributed by atoms with Gasteiger partial charge in [0.1, 0.15) is 0 Å². The summed E-state index contributed by atoms with van der Waals surface area (Å²) < 4.78 is 11.5. The van der Waals surface area contributed by atoms with Crippen LogP contribution in [0, 0.1) is 0 Å². The van der Waals surface area contributed by atoms with Gasteiger partial charge in [0.25, 0.3) is 0 Å². The second-order valence-corrected chi connectivity index (χ2v) is 7.50. The molecule has 0 radical (unpaired) electrons. The minimum Gasteiger partial charge on any atom is -0.156 e.